The Morgan fingerprint density at radius 1 is 0.654 bits per heavy atom. The zero-order valence-corrected chi connectivity index (χ0v) is 16.9. The van der Waals surface area contributed by atoms with Crippen molar-refractivity contribution < 1.29 is 9.47 Å². The van der Waals surface area contributed by atoms with Crippen LogP contribution < -0.4 is 20.9 Å². The van der Waals surface area contributed by atoms with Crippen LogP contribution in [0, 0.1) is 10.8 Å². The number of nitrogen functional groups attached to an aromatic ring is 2. The molecule has 2 aromatic rings. The first kappa shape index (κ1) is 21.8. The first-order valence-electron chi connectivity index (χ1n) is 8.21. The van der Waals surface area contributed by atoms with Gasteiger partial charge in [0.1, 0.15) is 23.2 Å². The molecule has 0 radical (unpaired) electrons. The molecule has 0 saturated heterocycles. The summed E-state index contributed by atoms with van der Waals surface area (Å²) in [6.45, 7) is 1.29. The molecule has 0 heterocycles. The number of amidine groups is 2. The van der Waals surface area contributed by atoms with Crippen molar-refractivity contribution in [2.24, 2.45) is 11.5 Å². The minimum absolute atomic E-state index is 0. The van der Waals surface area contributed by atoms with E-state index in [0.29, 0.717) is 24.3 Å². The Bertz CT molecular complexity index is 641. The maximum atomic E-state index is 7.34. The molecule has 0 aromatic heterocycles. The molecule has 2 rings (SSSR count). The van der Waals surface area contributed by atoms with Crippen LogP contribution in [0.4, 0.5) is 0 Å². The number of ether oxygens (including phenoxy) is 2. The standard InChI is InChI=1S/C19H24N4O2.HI/c20-18(21)14-4-8-16(9-5-14)24-12-2-1-3-13-25-17-10-6-15(7-11-17)19(22)23;/h4-11H,1-3,12-13H2,(H3,20,21)(H3,22,23);1H. The van der Waals surface area contributed by atoms with Gasteiger partial charge in [0.2, 0.25) is 0 Å². The van der Waals surface area contributed by atoms with Crippen molar-refractivity contribution in [3.63, 3.8) is 0 Å². The van der Waals surface area contributed by atoms with Gasteiger partial charge in [-0.1, -0.05) is 0 Å². The van der Waals surface area contributed by atoms with Gasteiger partial charge in [-0.25, -0.2) is 0 Å². The van der Waals surface area contributed by atoms with Crippen LogP contribution >= 0.6 is 24.0 Å². The normalized spacial score (nSPS) is 9.85. The molecule has 6 nitrogen and oxygen atoms in total. The number of rotatable bonds is 10. The van der Waals surface area contributed by atoms with E-state index in [9.17, 15) is 0 Å². The van der Waals surface area contributed by atoms with Crippen LogP contribution in [0.5, 0.6) is 11.5 Å². The van der Waals surface area contributed by atoms with Gasteiger partial charge in [-0.2, -0.15) is 0 Å². The van der Waals surface area contributed by atoms with Crippen LogP contribution in [0.3, 0.4) is 0 Å². The van der Waals surface area contributed by atoms with Gasteiger partial charge >= 0.3 is 0 Å². The molecule has 0 atom stereocenters. The Morgan fingerprint density at radius 3 is 1.31 bits per heavy atom. The van der Waals surface area contributed by atoms with Crippen molar-refractivity contribution in [2.75, 3.05) is 13.2 Å². The van der Waals surface area contributed by atoms with Crippen LogP contribution in [0.15, 0.2) is 48.5 Å². The number of hydrogen-bond donors (Lipinski definition) is 4. The molecule has 140 valence electrons. The summed E-state index contributed by atoms with van der Waals surface area (Å²) in [6.07, 6.45) is 2.90. The Morgan fingerprint density at radius 2 is 1.00 bits per heavy atom. The minimum atomic E-state index is 0. The third-order valence-corrected chi connectivity index (χ3v) is 3.66. The fourth-order valence-electron chi connectivity index (χ4n) is 2.22. The molecule has 0 saturated carbocycles. The lowest BCUT2D eigenvalue weighted by molar-refractivity contribution is 0.279. The quantitative estimate of drug-likeness (QED) is 0.185. The zero-order chi connectivity index (χ0) is 18.1. The highest BCUT2D eigenvalue weighted by Gasteiger charge is 1.99. The average Bonchev–Trinajstić information content (AvgIpc) is 2.61. The van der Waals surface area contributed by atoms with Crippen LogP contribution in [-0.4, -0.2) is 24.9 Å². The van der Waals surface area contributed by atoms with Crippen LogP contribution in [-0.2, 0) is 0 Å². The highest BCUT2D eigenvalue weighted by molar-refractivity contribution is 14.0. The Hall–Kier alpha value is -2.29. The van der Waals surface area contributed by atoms with E-state index in [1.54, 1.807) is 24.3 Å². The van der Waals surface area contributed by atoms with Gasteiger partial charge in [0.05, 0.1) is 13.2 Å². The van der Waals surface area contributed by atoms with Gasteiger partial charge in [0, 0.05) is 11.1 Å². The molecule has 2 aromatic carbocycles. The number of unbranched alkanes of at least 4 members (excludes halogenated alkanes) is 2. The third-order valence-electron chi connectivity index (χ3n) is 3.66. The molecule has 7 heteroatoms. The molecule has 26 heavy (non-hydrogen) atoms. The summed E-state index contributed by atoms with van der Waals surface area (Å²) in [7, 11) is 0. The topological polar surface area (TPSA) is 118 Å². The molecule has 0 spiro atoms. The van der Waals surface area contributed by atoms with Gasteiger partial charge < -0.3 is 20.9 Å². The van der Waals surface area contributed by atoms with Gasteiger partial charge in [-0.05, 0) is 67.8 Å². The second-order valence-corrected chi connectivity index (χ2v) is 5.63. The van der Waals surface area contributed by atoms with Gasteiger partial charge in [0.15, 0.2) is 0 Å². The summed E-state index contributed by atoms with van der Waals surface area (Å²) in [5, 5.41) is 14.7. The van der Waals surface area contributed by atoms with Gasteiger partial charge in [0.25, 0.3) is 0 Å². The molecule has 0 fully saturated rings. The molecule has 0 bridgehead atoms. The van der Waals surface area contributed by atoms with E-state index in [2.05, 4.69) is 0 Å². The molecule has 0 unspecified atom stereocenters. The smallest absolute Gasteiger partial charge is 0.122 e. The SMILES string of the molecule is I.N=C(N)c1ccc(OCCCCCOc2ccc(C(=N)N)cc2)cc1. The predicted octanol–water partition coefficient (Wildman–Crippen LogP) is 3.50. The number of nitrogens with one attached hydrogen (secondary N) is 2. The summed E-state index contributed by atoms with van der Waals surface area (Å²) in [6, 6.07) is 14.4. The number of benzene rings is 2. The van der Waals surface area contributed by atoms with Crippen LogP contribution in [0.2, 0.25) is 0 Å². The van der Waals surface area contributed by atoms with E-state index in [4.69, 9.17) is 31.8 Å². The minimum Gasteiger partial charge on any atom is -0.494 e. The summed E-state index contributed by atoms with van der Waals surface area (Å²) in [5.74, 6) is 1.68. The second-order valence-electron chi connectivity index (χ2n) is 5.63. The number of nitrogens with two attached hydrogens (primary N) is 2. The van der Waals surface area contributed by atoms with Crippen molar-refractivity contribution in [2.45, 2.75) is 19.3 Å². The van der Waals surface area contributed by atoms with Crippen molar-refractivity contribution >= 4 is 35.6 Å². The molecule has 0 amide bonds. The van der Waals surface area contributed by atoms with Crippen molar-refractivity contribution in [1.82, 2.24) is 0 Å². The van der Waals surface area contributed by atoms with Crippen molar-refractivity contribution in [3.8, 4) is 11.5 Å². The monoisotopic (exact) mass is 468 g/mol. The van der Waals surface area contributed by atoms with E-state index in [1.807, 2.05) is 24.3 Å². The summed E-state index contributed by atoms with van der Waals surface area (Å²) in [5.41, 5.74) is 12.2. The maximum Gasteiger partial charge on any atom is 0.122 e. The lowest BCUT2D eigenvalue weighted by Gasteiger charge is -2.08. The fraction of sp³-hybridized carbons (Fsp3) is 0.263. The highest BCUT2D eigenvalue weighted by atomic mass is 127. The summed E-state index contributed by atoms with van der Waals surface area (Å²) in [4.78, 5) is 0. The largest absolute Gasteiger partial charge is 0.494 e. The van der Waals surface area contributed by atoms with Crippen molar-refractivity contribution in [3.05, 3.63) is 59.7 Å². The molecule has 0 aliphatic heterocycles. The van der Waals surface area contributed by atoms with Gasteiger partial charge in [-0.15, -0.1) is 24.0 Å². The Kier molecular flexibility index (Phi) is 9.50. The van der Waals surface area contributed by atoms with Crippen LogP contribution in [0.1, 0.15) is 30.4 Å². The first-order valence-corrected chi connectivity index (χ1v) is 8.21. The maximum absolute atomic E-state index is 7.34. The Balaban J connectivity index is 0.00000338. The lowest BCUT2D eigenvalue weighted by Crippen LogP contribution is -2.10. The Labute approximate surface area is 170 Å². The van der Waals surface area contributed by atoms with Crippen LogP contribution in [0.25, 0.3) is 0 Å². The van der Waals surface area contributed by atoms with Crippen molar-refractivity contribution in [1.29, 1.82) is 10.8 Å². The molecule has 0 aliphatic carbocycles. The fourth-order valence-corrected chi connectivity index (χ4v) is 2.22. The van der Waals surface area contributed by atoms with E-state index in [1.165, 1.54) is 0 Å². The van der Waals surface area contributed by atoms with E-state index in [-0.39, 0.29) is 35.6 Å². The first-order chi connectivity index (χ1) is 12.1. The van der Waals surface area contributed by atoms with Gasteiger partial charge in [-0.3, -0.25) is 10.8 Å². The second kappa shape index (κ2) is 11.3. The summed E-state index contributed by atoms with van der Waals surface area (Å²) >= 11 is 0. The lowest BCUT2D eigenvalue weighted by atomic mass is 10.2. The van der Waals surface area contributed by atoms with E-state index >= 15 is 0 Å². The number of halogens is 1. The summed E-state index contributed by atoms with van der Waals surface area (Å²) < 4.78 is 11.3. The molecule has 0 aliphatic rings. The van der Waals surface area contributed by atoms with E-state index in [0.717, 1.165) is 30.8 Å². The highest BCUT2D eigenvalue weighted by Crippen LogP contribution is 2.14. The van der Waals surface area contributed by atoms with E-state index < -0.39 is 0 Å². The average molecular weight is 468 g/mol. The zero-order valence-electron chi connectivity index (χ0n) is 14.5. The number of hydrogen-bond acceptors (Lipinski definition) is 4. The molecule has 6 N–H and O–H groups in total. The predicted molar refractivity (Wildman–Crippen MR) is 115 cm³/mol. The molecular weight excluding hydrogens is 443 g/mol. The third kappa shape index (κ3) is 7.30. The molecular formula is C19H25IN4O2.